The van der Waals surface area contributed by atoms with E-state index in [0.717, 1.165) is 59.1 Å². The number of nitrogens with one attached hydrogen (secondary N) is 2. The van der Waals surface area contributed by atoms with Gasteiger partial charge in [0.25, 0.3) is 10.1 Å². The molecule has 364 valence electrons. The van der Waals surface area contributed by atoms with Gasteiger partial charge in [-0.2, -0.15) is 23.4 Å². The molecule has 0 atom stereocenters. The van der Waals surface area contributed by atoms with Crippen molar-refractivity contribution < 1.29 is 35.8 Å². The first-order valence-electron chi connectivity index (χ1n) is 20.8. The normalized spacial score (nSPS) is 11.6. The topological polar surface area (TPSA) is 294 Å². The molecule has 0 aliphatic heterocycles. The molecule has 3 heterocycles. The molecule has 0 unspecified atom stereocenters. The first kappa shape index (κ1) is 52.3. The Bertz CT molecular complexity index is 3220. The molecule has 0 aliphatic rings. The number of aliphatic hydroxyl groups is 2. The van der Waals surface area contributed by atoms with E-state index in [1.807, 2.05) is 56.3 Å². The van der Waals surface area contributed by atoms with Crippen LogP contribution in [0.2, 0.25) is 10.0 Å². The van der Waals surface area contributed by atoms with Gasteiger partial charge in [-0.05, 0) is 94.4 Å². The van der Waals surface area contributed by atoms with Crippen LogP contribution in [-0.2, 0) is 20.7 Å². The summed E-state index contributed by atoms with van der Waals surface area (Å²) in [6, 6.07) is 19.3. The Morgan fingerprint density at radius 3 is 1.57 bits per heavy atom. The number of rotatable bonds is 20. The summed E-state index contributed by atoms with van der Waals surface area (Å²) in [5.74, 6) is 0.363. The van der Waals surface area contributed by atoms with E-state index in [1.165, 1.54) is 23.5 Å². The Morgan fingerprint density at radius 1 is 0.623 bits per heavy atom. The molecule has 7 aromatic rings. The molecule has 28 heteroatoms. The number of hydrogen-bond acceptors (Lipinski definition) is 23. The van der Waals surface area contributed by atoms with Gasteiger partial charge in [0.05, 0.1) is 50.0 Å². The van der Waals surface area contributed by atoms with Gasteiger partial charge in [-0.1, -0.05) is 45.9 Å². The van der Waals surface area contributed by atoms with Crippen molar-refractivity contribution in [2.45, 2.75) is 32.6 Å². The second-order valence-electron chi connectivity index (χ2n) is 14.1. The van der Waals surface area contributed by atoms with Crippen LogP contribution in [-0.4, -0.2) is 113 Å². The quantitative estimate of drug-likeness (QED) is 0.0351. The summed E-state index contributed by atoms with van der Waals surface area (Å²) in [5.41, 5.74) is 4.64. The lowest BCUT2D eigenvalue weighted by Crippen LogP contribution is -2.31. The van der Waals surface area contributed by atoms with Crippen molar-refractivity contribution in [1.82, 2.24) is 24.9 Å². The summed E-state index contributed by atoms with van der Waals surface area (Å²) < 4.78 is 60.1. The molecule has 5 N–H and O–H groups in total. The zero-order valence-electron chi connectivity index (χ0n) is 37.1. The predicted octanol–water partition coefficient (Wildman–Crippen LogP) is 9.44. The number of benzene rings is 4. The lowest BCUT2D eigenvalue weighted by Gasteiger charge is -2.24. The number of nitrogens with zero attached hydrogens (tertiary/aromatic N) is 12. The highest BCUT2D eigenvalue weighted by Crippen LogP contribution is 2.39. The highest BCUT2D eigenvalue weighted by molar-refractivity contribution is 7.86. The summed E-state index contributed by atoms with van der Waals surface area (Å²) in [6.45, 7) is 10.9. The largest absolute Gasteiger partial charge is 0.425 e. The lowest BCUT2D eigenvalue weighted by atomic mass is 10.2. The number of aromatic nitrogens is 5. The van der Waals surface area contributed by atoms with E-state index in [9.17, 15) is 23.2 Å². The standard InChI is InChI=1S/C41H44Cl2N14O5S3.O3S/c1-5-55(6-2)25-10-13-28(51-53-40-46-30-12-9-24(42)19-34(30)63-40)31(20-25)44-37-48-38(50-39(49-37)57(15-17-58)16-18-59)45-32-21-26(56(7-3)8-4)11-14-29(32)52-54-41-47-33-23-36(65(60,61)62)27(43)22-35(33)64-41;1-4(2)3/h9-14,19-23,58-59H,5-8,15-18H2,1-4H3,(H,60,61,62)(H2,44,45,48,49,50);. The molecule has 7 rings (SSSR count). The number of hydrogen-bond donors (Lipinski definition) is 5. The van der Waals surface area contributed by atoms with Crippen molar-refractivity contribution in [2.24, 2.45) is 20.5 Å². The van der Waals surface area contributed by atoms with Gasteiger partial charge in [0, 0.05) is 55.7 Å². The molecule has 0 spiro atoms. The molecule has 0 bridgehead atoms. The summed E-state index contributed by atoms with van der Waals surface area (Å²) in [4.78, 5) is 28.8. The van der Waals surface area contributed by atoms with Gasteiger partial charge >= 0.3 is 10.6 Å². The Balaban J connectivity index is 0.00000188. The summed E-state index contributed by atoms with van der Waals surface area (Å²) in [7, 11) is -7.70. The van der Waals surface area contributed by atoms with Crippen LogP contribution in [0.25, 0.3) is 20.4 Å². The Hall–Kier alpha value is -6.10. The second kappa shape index (κ2) is 24.0. The van der Waals surface area contributed by atoms with E-state index < -0.39 is 25.6 Å². The predicted molar refractivity (Wildman–Crippen MR) is 270 cm³/mol. The van der Waals surface area contributed by atoms with Crippen molar-refractivity contribution >= 4 is 149 Å². The third kappa shape index (κ3) is 13.8. The SMILES string of the molecule is CCN(CC)c1ccc(N=Nc2nc3ccc(Cl)cc3s2)c(Nc2nc(Nc3cc(N(CC)CC)ccc3N=Nc3nc4cc(S(=O)(=O)O)c(Cl)cc4s3)nc(N(CCO)CCO)n2)c1.O=S(=O)=O. The van der Waals surface area contributed by atoms with E-state index in [1.54, 1.807) is 17.0 Å². The Labute approximate surface area is 415 Å². The third-order valence-corrected chi connectivity index (χ3v) is 13.2. The molecular weight excluding hydrogens is 1020 g/mol. The van der Waals surface area contributed by atoms with Crippen molar-refractivity contribution in [3.63, 3.8) is 0 Å². The molecule has 0 fully saturated rings. The maximum Gasteiger partial charge on any atom is 0.425 e. The van der Waals surface area contributed by atoms with Gasteiger partial charge < -0.3 is 35.5 Å². The van der Waals surface area contributed by atoms with Crippen molar-refractivity contribution in [3.8, 4) is 0 Å². The van der Waals surface area contributed by atoms with Crippen LogP contribution in [0.5, 0.6) is 0 Å². The first-order chi connectivity index (χ1) is 33.0. The van der Waals surface area contributed by atoms with E-state index >= 15 is 0 Å². The summed E-state index contributed by atoms with van der Waals surface area (Å²) in [6.07, 6.45) is 0. The monoisotopic (exact) mass is 1060 g/mol. The van der Waals surface area contributed by atoms with Crippen LogP contribution in [0.1, 0.15) is 27.7 Å². The van der Waals surface area contributed by atoms with Gasteiger partial charge in [0.15, 0.2) is 0 Å². The van der Waals surface area contributed by atoms with Crippen LogP contribution >= 0.6 is 45.9 Å². The molecule has 22 nitrogen and oxygen atoms in total. The third-order valence-electron chi connectivity index (χ3n) is 9.89. The molecule has 0 saturated heterocycles. The number of fused-ring (bicyclic) bond motifs is 2. The fourth-order valence-corrected chi connectivity index (χ4v) is 9.64. The van der Waals surface area contributed by atoms with Crippen molar-refractivity contribution in [1.29, 1.82) is 0 Å². The Morgan fingerprint density at radius 2 is 1.10 bits per heavy atom. The van der Waals surface area contributed by atoms with Gasteiger partial charge in [-0.15, -0.1) is 33.1 Å². The van der Waals surface area contributed by atoms with Crippen molar-refractivity contribution in [2.75, 3.05) is 77.8 Å². The van der Waals surface area contributed by atoms with E-state index in [2.05, 4.69) is 64.7 Å². The molecule has 0 radical (unpaired) electrons. The molecule has 3 aromatic heterocycles. The molecule has 0 aliphatic carbocycles. The number of aliphatic hydroxyl groups excluding tert-OH is 2. The minimum absolute atomic E-state index is 0.0927. The fraction of sp³-hybridized carbons (Fsp3) is 0.293. The van der Waals surface area contributed by atoms with Crippen LogP contribution in [0.3, 0.4) is 0 Å². The van der Waals surface area contributed by atoms with Crippen LogP contribution in [0.4, 0.5) is 62.2 Å². The van der Waals surface area contributed by atoms with E-state index in [4.69, 9.17) is 50.8 Å². The second-order valence-corrected chi connectivity index (χ2v) is 18.8. The Kier molecular flexibility index (Phi) is 18.1. The molecule has 4 aromatic carbocycles. The average molecular weight is 1060 g/mol. The fourth-order valence-electron chi connectivity index (χ4n) is 6.69. The summed E-state index contributed by atoms with van der Waals surface area (Å²) >= 11 is 14.9. The van der Waals surface area contributed by atoms with Crippen molar-refractivity contribution in [3.05, 3.63) is 76.8 Å². The minimum Gasteiger partial charge on any atom is -0.395 e. The van der Waals surface area contributed by atoms with Crippen LogP contribution in [0, 0.1) is 0 Å². The summed E-state index contributed by atoms with van der Waals surface area (Å²) in [5, 5.41) is 45.7. The number of anilines is 7. The van der Waals surface area contributed by atoms with Gasteiger partial charge in [-0.25, -0.2) is 9.97 Å². The zero-order valence-corrected chi connectivity index (χ0v) is 41.9. The average Bonchev–Trinajstić information content (AvgIpc) is 3.91. The van der Waals surface area contributed by atoms with Crippen LogP contribution in [0.15, 0.2) is 92.1 Å². The highest BCUT2D eigenvalue weighted by Gasteiger charge is 2.20. The smallest absolute Gasteiger partial charge is 0.395 e. The highest BCUT2D eigenvalue weighted by atomic mass is 35.5. The maximum absolute atomic E-state index is 11.9. The lowest BCUT2D eigenvalue weighted by molar-refractivity contribution is 0.280. The minimum atomic E-state index is -4.59. The molecule has 69 heavy (non-hydrogen) atoms. The number of thiazole rings is 2. The number of halogens is 2. The maximum atomic E-state index is 11.9. The molecular formula is C41H44Cl2N14O8S4. The van der Waals surface area contributed by atoms with Gasteiger partial charge in [0.1, 0.15) is 16.3 Å². The zero-order chi connectivity index (χ0) is 49.8. The van der Waals surface area contributed by atoms with E-state index in [-0.39, 0.29) is 59.8 Å². The van der Waals surface area contributed by atoms with E-state index in [0.29, 0.717) is 37.6 Å². The van der Waals surface area contributed by atoms with Crippen LogP contribution < -0.4 is 25.3 Å². The van der Waals surface area contributed by atoms with Gasteiger partial charge in [0.2, 0.25) is 28.1 Å². The molecule has 0 saturated carbocycles. The number of azo groups is 2. The first-order valence-corrected chi connectivity index (χ1v) is 25.7. The molecule has 0 amide bonds. The van der Waals surface area contributed by atoms with Gasteiger partial charge in [-0.3, -0.25) is 4.55 Å².